The molecule has 22 heavy (non-hydrogen) atoms. The number of aromatic nitrogens is 1. The molecule has 0 spiro atoms. The van der Waals surface area contributed by atoms with Crippen LogP contribution in [0.3, 0.4) is 0 Å². The summed E-state index contributed by atoms with van der Waals surface area (Å²) in [5, 5.41) is 0. The van der Waals surface area contributed by atoms with Gasteiger partial charge >= 0.3 is 0 Å². The van der Waals surface area contributed by atoms with Crippen LogP contribution in [0.5, 0.6) is 5.75 Å². The van der Waals surface area contributed by atoms with Gasteiger partial charge in [0.15, 0.2) is 8.68 Å². The van der Waals surface area contributed by atoms with E-state index in [0.717, 1.165) is 17.5 Å². The Hall–Kier alpha value is -1.68. The van der Waals surface area contributed by atoms with E-state index in [1.807, 2.05) is 4.72 Å². The predicted octanol–water partition coefficient (Wildman–Crippen LogP) is 1.31. The van der Waals surface area contributed by atoms with Crippen LogP contribution in [0.25, 0.3) is 0 Å². The Morgan fingerprint density at radius 1 is 1.41 bits per heavy atom. The van der Waals surface area contributed by atoms with Crippen LogP contribution in [0.15, 0.2) is 34.7 Å². The summed E-state index contributed by atoms with van der Waals surface area (Å²) < 4.78 is 30.8. The fraction of sp³-hybridized carbons (Fsp3) is 0.167. The fourth-order valence-corrected chi connectivity index (χ4v) is 3.87. The number of nitrogens with one attached hydrogen (secondary N) is 1. The lowest BCUT2D eigenvalue weighted by atomic mass is 10.1. The third-order valence-corrected chi connectivity index (χ3v) is 5.64. The van der Waals surface area contributed by atoms with E-state index < -0.39 is 22.0 Å². The molecule has 1 aromatic heterocycles. The maximum absolute atomic E-state index is 12.0. The van der Waals surface area contributed by atoms with Gasteiger partial charge in [0, 0.05) is 0 Å². The fourth-order valence-electron chi connectivity index (χ4n) is 1.57. The second-order valence-electron chi connectivity index (χ2n) is 4.15. The van der Waals surface area contributed by atoms with E-state index in [9.17, 15) is 13.2 Å². The molecular formula is C12H12ClN3O4S2. The minimum atomic E-state index is -4.04. The van der Waals surface area contributed by atoms with E-state index in [1.165, 1.54) is 7.11 Å². The Kier molecular flexibility index (Phi) is 5.01. The highest BCUT2D eigenvalue weighted by Crippen LogP contribution is 2.23. The number of nitrogens with two attached hydrogens (primary N) is 1. The summed E-state index contributed by atoms with van der Waals surface area (Å²) in [5.41, 5.74) is 6.22. The molecule has 0 radical (unpaired) electrons. The van der Waals surface area contributed by atoms with Gasteiger partial charge in [0.25, 0.3) is 15.9 Å². The van der Waals surface area contributed by atoms with Crippen LogP contribution in [-0.4, -0.2) is 26.4 Å². The molecule has 0 bridgehead atoms. The number of halogens is 1. The van der Waals surface area contributed by atoms with Gasteiger partial charge in [0.1, 0.15) is 11.8 Å². The molecule has 1 heterocycles. The van der Waals surface area contributed by atoms with Crippen molar-refractivity contribution in [2.45, 2.75) is 10.3 Å². The third-order valence-electron chi connectivity index (χ3n) is 2.71. The first-order chi connectivity index (χ1) is 10.3. The number of ether oxygens (including phenoxy) is 1. The topological polar surface area (TPSA) is 111 Å². The number of amides is 1. The number of carbonyl (C=O) groups excluding carboxylic acids is 1. The summed E-state index contributed by atoms with van der Waals surface area (Å²) in [6, 6.07) is 5.28. The van der Waals surface area contributed by atoms with E-state index in [1.54, 1.807) is 24.3 Å². The lowest BCUT2D eigenvalue weighted by Crippen LogP contribution is -2.37. The number of nitrogens with zero attached hydrogens (tertiary/aromatic N) is 1. The monoisotopic (exact) mass is 361 g/mol. The van der Waals surface area contributed by atoms with Gasteiger partial charge in [0.05, 0.1) is 13.3 Å². The molecule has 0 saturated carbocycles. The van der Waals surface area contributed by atoms with E-state index in [2.05, 4.69) is 4.98 Å². The lowest BCUT2D eigenvalue weighted by Gasteiger charge is -2.12. The minimum absolute atomic E-state index is 0.0623. The largest absolute Gasteiger partial charge is 0.497 e. The molecule has 2 rings (SSSR count). The standard InChI is InChI=1S/C12H12ClN3O4S2/c1-20-8-4-2-7(3-5-8)10(14)11(17)16-22(18,19)9-6-15-12(13)21-9/h2-6,10H,14H2,1H3,(H,16,17). The Bertz CT molecular complexity index is 774. The Balaban J connectivity index is 2.13. The maximum atomic E-state index is 12.0. The molecule has 0 fully saturated rings. The zero-order valence-corrected chi connectivity index (χ0v) is 13.7. The van der Waals surface area contributed by atoms with Crippen molar-refractivity contribution in [2.75, 3.05) is 7.11 Å². The third kappa shape index (κ3) is 3.74. The minimum Gasteiger partial charge on any atom is -0.497 e. The summed E-state index contributed by atoms with van der Waals surface area (Å²) in [6.45, 7) is 0. The van der Waals surface area contributed by atoms with Crippen LogP contribution in [-0.2, 0) is 14.8 Å². The van der Waals surface area contributed by atoms with Gasteiger partial charge in [-0.3, -0.25) is 4.79 Å². The second kappa shape index (κ2) is 6.61. The predicted molar refractivity (Wildman–Crippen MR) is 82.4 cm³/mol. The molecule has 0 saturated heterocycles. The number of sulfonamides is 1. The summed E-state index contributed by atoms with van der Waals surface area (Å²) in [6.07, 6.45) is 1.07. The van der Waals surface area contributed by atoms with Crippen LogP contribution in [0.1, 0.15) is 11.6 Å². The number of hydrogen-bond donors (Lipinski definition) is 2. The smallest absolute Gasteiger partial charge is 0.275 e. The van der Waals surface area contributed by atoms with Crippen molar-refractivity contribution in [2.24, 2.45) is 5.73 Å². The average molecular weight is 362 g/mol. The second-order valence-corrected chi connectivity index (χ2v) is 7.67. The number of rotatable bonds is 5. The number of hydrogen-bond acceptors (Lipinski definition) is 7. The number of carbonyl (C=O) groups is 1. The van der Waals surface area contributed by atoms with Gasteiger partial charge in [-0.2, -0.15) is 0 Å². The van der Waals surface area contributed by atoms with E-state index in [4.69, 9.17) is 22.1 Å². The Morgan fingerprint density at radius 2 is 2.05 bits per heavy atom. The molecular weight excluding hydrogens is 350 g/mol. The number of methoxy groups -OCH3 is 1. The first-order valence-corrected chi connectivity index (χ1v) is 8.59. The van der Waals surface area contributed by atoms with Crippen LogP contribution < -0.4 is 15.2 Å². The van der Waals surface area contributed by atoms with Gasteiger partial charge in [-0.25, -0.2) is 18.1 Å². The summed E-state index contributed by atoms with van der Waals surface area (Å²) in [4.78, 5) is 15.6. The molecule has 1 unspecified atom stereocenters. The van der Waals surface area contributed by atoms with Crippen molar-refractivity contribution in [1.82, 2.24) is 9.71 Å². The quantitative estimate of drug-likeness (QED) is 0.830. The SMILES string of the molecule is COc1ccc(C(N)C(=O)NS(=O)(=O)c2cnc(Cl)s2)cc1. The van der Waals surface area contributed by atoms with Crippen molar-refractivity contribution < 1.29 is 17.9 Å². The van der Waals surface area contributed by atoms with Gasteiger partial charge in [-0.15, -0.1) is 0 Å². The van der Waals surface area contributed by atoms with Crippen LogP contribution in [0.4, 0.5) is 0 Å². The van der Waals surface area contributed by atoms with Crippen molar-refractivity contribution in [1.29, 1.82) is 0 Å². The molecule has 1 atom stereocenters. The first-order valence-electron chi connectivity index (χ1n) is 5.91. The van der Waals surface area contributed by atoms with Crippen LogP contribution in [0.2, 0.25) is 4.47 Å². The van der Waals surface area contributed by atoms with E-state index >= 15 is 0 Å². The zero-order valence-electron chi connectivity index (χ0n) is 11.3. The highest BCUT2D eigenvalue weighted by atomic mass is 35.5. The van der Waals surface area contributed by atoms with Gasteiger partial charge in [-0.05, 0) is 17.7 Å². The molecule has 7 nitrogen and oxygen atoms in total. The summed E-state index contributed by atoms with van der Waals surface area (Å²) in [5.74, 6) is -0.252. The molecule has 0 aliphatic carbocycles. The van der Waals surface area contributed by atoms with Crippen molar-refractivity contribution in [3.8, 4) is 5.75 Å². The normalized spacial score (nSPS) is 12.7. The van der Waals surface area contributed by atoms with Gasteiger partial charge in [-0.1, -0.05) is 35.1 Å². The Labute approximate surface area is 136 Å². The van der Waals surface area contributed by atoms with Gasteiger partial charge < -0.3 is 10.5 Å². The summed E-state index contributed by atoms with van der Waals surface area (Å²) >= 11 is 6.33. The molecule has 0 aliphatic rings. The molecule has 0 aliphatic heterocycles. The van der Waals surface area contributed by atoms with Crippen LogP contribution in [0, 0.1) is 0 Å². The Morgan fingerprint density at radius 3 is 2.55 bits per heavy atom. The highest BCUT2D eigenvalue weighted by Gasteiger charge is 2.25. The molecule has 2 aromatic rings. The number of thiazole rings is 1. The molecule has 118 valence electrons. The van der Waals surface area contributed by atoms with Crippen LogP contribution >= 0.6 is 22.9 Å². The summed E-state index contributed by atoms with van der Waals surface area (Å²) in [7, 11) is -2.53. The van der Waals surface area contributed by atoms with Crippen molar-refractivity contribution >= 4 is 38.9 Å². The van der Waals surface area contributed by atoms with E-state index in [-0.39, 0.29) is 8.68 Å². The van der Waals surface area contributed by atoms with E-state index in [0.29, 0.717) is 11.3 Å². The molecule has 10 heteroatoms. The van der Waals surface area contributed by atoms with Crippen molar-refractivity contribution in [3.05, 3.63) is 40.5 Å². The maximum Gasteiger partial charge on any atom is 0.275 e. The van der Waals surface area contributed by atoms with Gasteiger partial charge in [0.2, 0.25) is 0 Å². The molecule has 3 N–H and O–H groups in total. The zero-order chi connectivity index (χ0) is 16.3. The average Bonchev–Trinajstić information content (AvgIpc) is 2.93. The highest BCUT2D eigenvalue weighted by molar-refractivity contribution is 7.92. The lowest BCUT2D eigenvalue weighted by molar-refractivity contribution is -0.120. The first kappa shape index (κ1) is 16.7. The number of benzene rings is 1. The molecule has 1 amide bonds. The van der Waals surface area contributed by atoms with Crippen molar-refractivity contribution in [3.63, 3.8) is 0 Å². The molecule has 1 aromatic carbocycles.